The number of ether oxygens (including phenoxy) is 4. The van der Waals surface area contributed by atoms with Gasteiger partial charge >= 0.3 is 0 Å². The molecule has 0 heterocycles. The Balaban J connectivity index is 2.04. The summed E-state index contributed by atoms with van der Waals surface area (Å²) in [5.41, 5.74) is 10.1. The first-order chi connectivity index (χ1) is 17.0. The monoisotopic (exact) mass is 475 g/mol. The lowest BCUT2D eigenvalue weighted by Crippen LogP contribution is -2.17. The maximum Gasteiger partial charge on any atom is 0.245 e. The molecule has 0 aromatic heterocycles. The maximum absolute atomic E-state index is 12.7. The number of carbonyl (C=O) groups excluding carboxylic acids is 1. The lowest BCUT2D eigenvalue weighted by atomic mass is 9.89. The highest BCUT2D eigenvalue weighted by molar-refractivity contribution is 6.03. The van der Waals surface area contributed by atoms with Crippen molar-refractivity contribution in [1.82, 2.24) is 0 Å². The highest BCUT2D eigenvalue weighted by Crippen LogP contribution is 2.33. The van der Waals surface area contributed by atoms with Gasteiger partial charge in [0.1, 0.15) is 11.5 Å². The van der Waals surface area contributed by atoms with Gasteiger partial charge in [0.15, 0.2) is 11.5 Å². The van der Waals surface area contributed by atoms with E-state index in [-0.39, 0.29) is 0 Å². The van der Waals surface area contributed by atoms with Crippen molar-refractivity contribution in [3.05, 3.63) is 89.0 Å². The minimum atomic E-state index is -0.455. The first kappa shape index (κ1) is 25.7. The van der Waals surface area contributed by atoms with E-state index in [9.17, 15) is 4.79 Å². The van der Waals surface area contributed by atoms with Crippen molar-refractivity contribution in [2.75, 3.05) is 27.4 Å². The normalized spacial score (nSPS) is 10.4. The number of nitrogens with two attached hydrogens (primary N) is 1. The zero-order chi connectivity index (χ0) is 25.2. The molecule has 184 valence electrons. The SMILES string of the molecule is CCOc1ccc(C(=C(CCc2ccc(OC)c(OC)c2)C(N)=O)c2ccc(OCC)cc2)cc1. The summed E-state index contributed by atoms with van der Waals surface area (Å²) in [4.78, 5) is 12.7. The van der Waals surface area contributed by atoms with Crippen LogP contribution in [0.2, 0.25) is 0 Å². The molecule has 0 aliphatic heterocycles. The topological polar surface area (TPSA) is 80.0 Å². The number of hydrogen-bond donors (Lipinski definition) is 1. The van der Waals surface area contributed by atoms with Gasteiger partial charge in [-0.15, -0.1) is 0 Å². The molecular formula is C29H33NO5. The average Bonchev–Trinajstić information content (AvgIpc) is 2.88. The summed E-state index contributed by atoms with van der Waals surface area (Å²) in [7, 11) is 3.21. The Hall–Kier alpha value is -3.93. The lowest BCUT2D eigenvalue weighted by Gasteiger charge is -2.16. The van der Waals surface area contributed by atoms with Crippen molar-refractivity contribution < 1.29 is 23.7 Å². The van der Waals surface area contributed by atoms with E-state index < -0.39 is 5.91 Å². The molecule has 3 aromatic rings. The largest absolute Gasteiger partial charge is 0.494 e. The number of rotatable bonds is 12. The highest BCUT2D eigenvalue weighted by Gasteiger charge is 2.18. The Morgan fingerprint density at radius 1 is 0.743 bits per heavy atom. The van der Waals surface area contributed by atoms with Crippen molar-refractivity contribution in [3.8, 4) is 23.0 Å². The molecule has 0 unspecified atom stereocenters. The van der Waals surface area contributed by atoms with Gasteiger partial charge in [-0.2, -0.15) is 0 Å². The molecule has 3 rings (SSSR count). The summed E-state index contributed by atoms with van der Waals surface area (Å²) in [6, 6.07) is 21.2. The number of amides is 1. The molecule has 0 saturated heterocycles. The van der Waals surface area contributed by atoms with Crippen molar-refractivity contribution in [3.63, 3.8) is 0 Å². The first-order valence-corrected chi connectivity index (χ1v) is 11.7. The van der Waals surface area contributed by atoms with Crippen LogP contribution >= 0.6 is 0 Å². The molecule has 6 heteroatoms. The van der Waals surface area contributed by atoms with Gasteiger partial charge in [-0.3, -0.25) is 4.79 Å². The second-order valence-electron chi connectivity index (χ2n) is 7.82. The van der Waals surface area contributed by atoms with E-state index in [0.717, 1.165) is 33.8 Å². The van der Waals surface area contributed by atoms with Gasteiger partial charge in [-0.1, -0.05) is 30.3 Å². The van der Waals surface area contributed by atoms with Crippen LogP contribution in [-0.4, -0.2) is 33.3 Å². The van der Waals surface area contributed by atoms with E-state index in [1.807, 2.05) is 80.6 Å². The van der Waals surface area contributed by atoms with E-state index in [4.69, 9.17) is 24.7 Å². The van der Waals surface area contributed by atoms with Crippen LogP contribution in [0.1, 0.15) is 37.0 Å². The van der Waals surface area contributed by atoms with E-state index in [0.29, 0.717) is 43.1 Å². The third-order valence-electron chi connectivity index (χ3n) is 5.62. The van der Waals surface area contributed by atoms with Gasteiger partial charge in [0.2, 0.25) is 5.91 Å². The fraction of sp³-hybridized carbons (Fsp3) is 0.276. The number of hydrogen-bond acceptors (Lipinski definition) is 5. The van der Waals surface area contributed by atoms with Crippen molar-refractivity contribution in [1.29, 1.82) is 0 Å². The molecule has 2 N–H and O–H groups in total. The highest BCUT2D eigenvalue weighted by atomic mass is 16.5. The summed E-state index contributed by atoms with van der Waals surface area (Å²) in [5.74, 6) is 2.39. The Bertz CT molecular complexity index is 1100. The van der Waals surface area contributed by atoms with Crippen LogP contribution in [0.3, 0.4) is 0 Å². The number of carbonyl (C=O) groups is 1. The predicted octanol–water partition coefficient (Wildman–Crippen LogP) is 5.42. The molecule has 0 aliphatic rings. The first-order valence-electron chi connectivity index (χ1n) is 11.7. The Morgan fingerprint density at radius 2 is 1.26 bits per heavy atom. The van der Waals surface area contributed by atoms with Crippen LogP contribution in [0.4, 0.5) is 0 Å². The van der Waals surface area contributed by atoms with Crippen LogP contribution < -0.4 is 24.7 Å². The van der Waals surface area contributed by atoms with Gasteiger partial charge in [0, 0.05) is 5.57 Å². The summed E-state index contributed by atoms with van der Waals surface area (Å²) in [6.07, 6.45) is 1.07. The fourth-order valence-electron chi connectivity index (χ4n) is 3.96. The molecule has 0 fully saturated rings. The molecule has 0 bridgehead atoms. The van der Waals surface area contributed by atoms with Gasteiger partial charge in [-0.25, -0.2) is 0 Å². The van der Waals surface area contributed by atoms with E-state index in [2.05, 4.69) is 0 Å². The number of benzene rings is 3. The van der Waals surface area contributed by atoms with Crippen molar-refractivity contribution in [2.45, 2.75) is 26.7 Å². The molecule has 0 saturated carbocycles. The molecule has 35 heavy (non-hydrogen) atoms. The maximum atomic E-state index is 12.7. The fourth-order valence-corrected chi connectivity index (χ4v) is 3.96. The summed E-state index contributed by atoms with van der Waals surface area (Å²) in [5, 5.41) is 0. The summed E-state index contributed by atoms with van der Waals surface area (Å²) in [6.45, 7) is 5.05. The van der Waals surface area contributed by atoms with Crippen molar-refractivity contribution >= 4 is 11.5 Å². The number of aryl methyl sites for hydroxylation is 1. The van der Waals surface area contributed by atoms with Crippen LogP contribution in [0.15, 0.2) is 72.3 Å². The summed E-state index contributed by atoms with van der Waals surface area (Å²) >= 11 is 0. The van der Waals surface area contributed by atoms with Gasteiger partial charge < -0.3 is 24.7 Å². The van der Waals surface area contributed by atoms with E-state index in [1.54, 1.807) is 14.2 Å². The van der Waals surface area contributed by atoms with Crippen LogP contribution in [-0.2, 0) is 11.2 Å². The Kier molecular flexibility index (Phi) is 9.18. The second kappa shape index (κ2) is 12.5. The quantitative estimate of drug-likeness (QED) is 0.354. The second-order valence-corrected chi connectivity index (χ2v) is 7.82. The van der Waals surface area contributed by atoms with E-state index in [1.165, 1.54) is 0 Å². The van der Waals surface area contributed by atoms with Crippen LogP contribution in [0.25, 0.3) is 5.57 Å². The van der Waals surface area contributed by atoms with Crippen LogP contribution in [0, 0.1) is 0 Å². The Morgan fingerprint density at radius 3 is 1.69 bits per heavy atom. The minimum absolute atomic E-state index is 0.455. The number of methoxy groups -OCH3 is 2. The van der Waals surface area contributed by atoms with Gasteiger partial charge in [-0.05, 0) is 85.4 Å². The molecule has 0 spiro atoms. The zero-order valence-electron chi connectivity index (χ0n) is 20.8. The molecule has 6 nitrogen and oxygen atoms in total. The third kappa shape index (κ3) is 6.57. The van der Waals surface area contributed by atoms with Gasteiger partial charge in [0.05, 0.1) is 27.4 Å². The van der Waals surface area contributed by atoms with Gasteiger partial charge in [0.25, 0.3) is 0 Å². The lowest BCUT2D eigenvalue weighted by molar-refractivity contribution is -0.114. The molecular weight excluding hydrogens is 442 g/mol. The average molecular weight is 476 g/mol. The zero-order valence-corrected chi connectivity index (χ0v) is 20.8. The number of primary amides is 1. The minimum Gasteiger partial charge on any atom is -0.494 e. The van der Waals surface area contributed by atoms with Crippen LogP contribution in [0.5, 0.6) is 23.0 Å². The molecule has 0 atom stereocenters. The third-order valence-corrected chi connectivity index (χ3v) is 5.62. The van der Waals surface area contributed by atoms with E-state index >= 15 is 0 Å². The summed E-state index contributed by atoms with van der Waals surface area (Å²) < 4.78 is 22.0. The molecule has 1 amide bonds. The standard InChI is InChI=1S/C29H33NO5/c1-5-34-23-13-9-21(10-14-23)28(22-11-15-24(16-12-22)35-6-2)25(29(30)31)17-7-20-8-18-26(32-3)27(19-20)33-4/h8-16,18-19H,5-7,17H2,1-4H3,(H2,30,31). The predicted molar refractivity (Wildman–Crippen MR) is 138 cm³/mol. The molecule has 0 radical (unpaired) electrons. The molecule has 3 aromatic carbocycles. The van der Waals surface area contributed by atoms with Crippen molar-refractivity contribution in [2.24, 2.45) is 5.73 Å². The molecule has 0 aliphatic carbocycles. The Labute approximate surface area is 207 Å². The smallest absolute Gasteiger partial charge is 0.245 e.